The van der Waals surface area contributed by atoms with Crippen molar-refractivity contribution in [1.29, 1.82) is 0 Å². The lowest BCUT2D eigenvalue weighted by atomic mass is 9.97. The van der Waals surface area contributed by atoms with Gasteiger partial charge in [-0.3, -0.25) is 9.88 Å². The van der Waals surface area contributed by atoms with Crippen molar-refractivity contribution in [2.75, 3.05) is 26.8 Å². The molecule has 1 aromatic carbocycles. The first-order valence-electron chi connectivity index (χ1n) is 10.4. The molecule has 0 N–H and O–H groups in total. The lowest BCUT2D eigenvalue weighted by molar-refractivity contribution is 0.0593. The van der Waals surface area contributed by atoms with E-state index in [1.807, 2.05) is 39.0 Å². The number of carbonyl (C=O) groups excluding carboxylic acids is 1. The Balaban J connectivity index is 1.51. The van der Waals surface area contributed by atoms with Crippen molar-refractivity contribution < 1.29 is 19.0 Å². The van der Waals surface area contributed by atoms with Crippen LogP contribution in [0.4, 0.5) is 0 Å². The summed E-state index contributed by atoms with van der Waals surface area (Å²) in [5.41, 5.74) is 1.02. The van der Waals surface area contributed by atoms with Crippen LogP contribution in [0.25, 0.3) is 0 Å². The van der Waals surface area contributed by atoms with E-state index in [2.05, 4.69) is 14.9 Å². The first kappa shape index (κ1) is 22.0. The van der Waals surface area contributed by atoms with Gasteiger partial charge in [0.1, 0.15) is 22.6 Å². The Morgan fingerprint density at radius 1 is 1.13 bits per heavy atom. The maximum Gasteiger partial charge on any atom is 0.341 e. The van der Waals surface area contributed by atoms with Gasteiger partial charge in [-0.25, -0.2) is 9.78 Å². The van der Waals surface area contributed by atoms with E-state index in [4.69, 9.17) is 14.2 Å². The van der Waals surface area contributed by atoms with Crippen molar-refractivity contribution in [3.63, 3.8) is 0 Å². The third-order valence-corrected chi connectivity index (χ3v) is 4.99. The maximum absolute atomic E-state index is 11.9. The summed E-state index contributed by atoms with van der Waals surface area (Å²) in [6, 6.07) is 7.21. The first-order valence-corrected chi connectivity index (χ1v) is 10.4. The Morgan fingerprint density at radius 2 is 1.83 bits per heavy atom. The van der Waals surface area contributed by atoms with Gasteiger partial charge in [-0.1, -0.05) is 12.1 Å². The number of hydrogen-bond acceptors (Lipinski definition) is 7. The Labute approximate surface area is 178 Å². The fourth-order valence-corrected chi connectivity index (χ4v) is 3.44. The lowest BCUT2D eigenvalue weighted by Gasteiger charge is -2.32. The minimum Gasteiger partial charge on any atom is -0.492 e. The quantitative estimate of drug-likeness (QED) is 0.640. The number of likely N-dealkylation sites (tertiary alicyclic amines) is 1. The topological polar surface area (TPSA) is 73.8 Å². The zero-order valence-electron chi connectivity index (χ0n) is 18.3. The van der Waals surface area contributed by atoms with E-state index in [1.165, 1.54) is 7.11 Å². The number of piperidine rings is 1. The molecule has 0 saturated carbocycles. The van der Waals surface area contributed by atoms with E-state index in [9.17, 15) is 4.79 Å². The molecule has 1 aromatic heterocycles. The molecule has 0 radical (unpaired) electrons. The number of nitrogens with zero attached hydrogens (tertiary/aromatic N) is 3. The number of ether oxygens (including phenoxy) is 3. The Bertz CT molecular complexity index is 842. The Morgan fingerprint density at radius 3 is 2.53 bits per heavy atom. The SMILES string of the molecule is COC(=O)c1ccccc1OCC1CCN(Cc2nccnc2OC(C)(C)C)CC1. The van der Waals surface area contributed by atoms with Gasteiger partial charge in [-0.2, -0.15) is 0 Å². The predicted molar refractivity (Wildman–Crippen MR) is 114 cm³/mol. The van der Waals surface area contributed by atoms with Gasteiger partial charge < -0.3 is 14.2 Å². The summed E-state index contributed by atoms with van der Waals surface area (Å²) in [5.74, 6) is 1.25. The zero-order chi connectivity index (χ0) is 21.6. The third-order valence-electron chi connectivity index (χ3n) is 4.99. The highest BCUT2D eigenvalue weighted by atomic mass is 16.5. The standard InChI is InChI=1S/C23H31N3O4/c1-23(2,3)30-21-19(24-11-12-25-21)15-26-13-9-17(10-14-26)16-29-20-8-6-5-7-18(20)22(27)28-4/h5-8,11-12,17H,9-10,13-16H2,1-4H3. The van der Waals surface area contributed by atoms with E-state index in [-0.39, 0.29) is 11.6 Å². The molecule has 162 valence electrons. The Kier molecular flexibility index (Phi) is 7.26. The molecule has 0 aliphatic carbocycles. The summed E-state index contributed by atoms with van der Waals surface area (Å²) in [6.07, 6.45) is 5.43. The third kappa shape index (κ3) is 6.16. The van der Waals surface area contributed by atoms with Crippen molar-refractivity contribution in [2.45, 2.75) is 45.8 Å². The van der Waals surface area contributed by atoms with Crippen molar-refractivity contribution in [3.05, 3.63) is 47.9 Å². The van der Waals surface area contributed by atoms with Crippen LogP contribution in [0.5, 0.6) is 11.6 Å². The van der Waals surface area contributed by atoms with Crippen molar-refractivity contribution >= 4 is 5.97 Å². The summed E-state index contributed by atoms with van der Waals surface area (Å²) in [5, 5.41) is 0. The molecule has 1 saturated heterocycles. The number of hydrogen-bond donors (Lipinski definition) is 0. The maximum atomic E-state index is 11.9. The minimum atomic E-state index is -0.377. The van der Waals surface area contributed by atoms with E-state index < -0.39 is 0 Å². The van der Waals surface area contributed by atoms with Crippen LogP contribution in [0, 0.1) is 5.92 Å². The van der Waals surface area contributed by atoms with Crippen LogP contribution in [0.15, 0.2) is 36.7 Å². The Hall–Kier alpha value is -2.67. The van der Waals surface area contributed by atoms with Gasteiger partial charge in [-0.05, 0) is 64.8 Å². The second-order valence-corrected chi connectivity index (χ2v) is 8.54. The smallest absolute Gasteiger partial charge is 0.341 e. The summed E-state index contributed by atoms with van der Waals surface area (Å²) in [7, 11) is 1.38. The predicted octanol–water partition coefficient (Wildman–Crippen LogP) is 3.73. The molecule has 1 aliphatic rings. The van der Waals surface area contributed by atoms with E-state index in [1.54, 1.807) is 18.5 Å². The van der Waals surface area contributed by atoms with Gasteiger partial charge >= 0.3 is 5.97 Å². The van der Waals surface area contributed by atoms with Gasteiger partial charge in [0.2, 0.25) is 5.88 Å². The summed E-state index contributed by atoms with van der Waals surface area (Å²) < 4.78 is 16.8. The number of methoxy groups -OCH3 is 1. The molecule has 0 bridgehead atoms. The number of rotatable bonds is 7. The van der Waals surface area contributed by atoms with Crippen LogP contribution >= 0.6 is 0 Å². The highest BCUT2D eigenvalue weighted by molar-refractivity contribution is 5.92. The summed E-state index contributed by atoms with van der Waals surface area (Å²) in [6.45, 7) is 9.25. The van der Waals surface area contributed by atoms with Crippen LogP contribution in [0.2, 0.25) is 0 Å². The molecule has 3 rings (SSSR count). The average Bonchev–Trinajstić information content (AvgIpc) is 2.73. The molecule has 7 heteroatoms. The van der Waals surface area contributed by atoms with Crippen LogP contribution in [-0.4, -0.2) is 53.2 Å². The molecule has 1 aliphatic heterocycles. The van der Waals surface area contributed by atoms with Gasteiger partial charge in [0.15, 0.2) is 0 Å². The average molecular weight is 414 g/mol. The molecule has 2 heterocycles. The number of esters is 1. The first-order chi connectivity index (χ1) is 14.4. The van der Waals surface area contributed by atoms with Crippen molar-refractivity contribution in [2.24, 2.45) is 5.92 Å². The number of benzene rings is 1. The molecule has 7 nitrogen and oxygen atoms in total. The van der Waals surface area contributed by atoms with E-state index in [0.29, 0.717) is 29.7 Å². The van der Waals surface area contributed by atoms with Gasteiger partial charge in [0.25, 0.3) is 0 Å². The molecular formula is C23H31N3O4. The van der Waals surface area contributed by atoms with Crippen molar-refractivity contribution in [3.8, 4) is 11.6 Å². The fraction of sp³-hybridized carbons (Fsp3) is 0.522. The number of aromatic nitrogens is 2. The highest BCUT2D eigenvalue weighted by Gasteiger charge is 2.23. The molecule has 0 atom stereocenters. The molecule has 2 aromatic rings. The van der Waals surface area contributed by atoms with Crippen LogP contribution < -0.4 is 9.47 Å². The van der Waals surface area contributed by atoms with Crippen LogP contribution in [-0.2, 0) is 11.3 Å². The lowest BCUT2D eigenvalue weighted by Crippen LogP contribution is -2.35. The van der Waals surface area contributed by atoms with Crippen LogP contribution in [0.3, 0.4) is 0 Å². The number of para-hydroxylation sites is 1. The van der Waals surface area contributed by atoms with E-state index >= 15 is 0 Å². The normalized spacial score (nSPS) is 15.6. The molecule has 0 unspecified atom stereocenters. The highest BCUT2D eigenvalue weighted by Crippen LogP contribution is 2.25. The monoisotopic (exact) mass is 413 g/mol. The summed E-state index contributed by atoms with van der Waals surface area (Å²) in [4.78, 5) is 23.1. The van der Waals surface area contributed by atoms with Gasteiger partial charge in [0.05, 0.1) is 13.7 Å². The van der Waals surface area contributed by atoms with Crippen molar-refractivity contribution in [1.82, 2.24) is 14.9 Å². The largest absolute Gasteiger partial charge is 0.492 e. The summed E-state index contributed by atoms with van der Waals surface area (Å²) >= 11 is 0. The molecule has 30 heavy (non-hydrogen) atoms. The molecule has 0 amide bonds. The molecule has 1 fully saturated rings. The fourth-order valence-electron chi connectivity index (χ4n) is 3.44. The van der Waals surface area contributed by atoms with Gasteiger partial charge in [-0.15, -0.1) is 0 Å². The minimum absolute atomic E-state index is 0.310. The molecular weight excluding hydrogens is 382 g/mol. The second kappa shape index (κ2) is 9.89. The second-order valence-electron chi connectivity index (χ2n) is 8.54. The van der Waals surface area contributed by atoms with Crippen LogP contribution in [0.1, 0.15) is 49.7 Å². The number of carbonyl (C=O) groups is 1. The zero-order valence-corrected chi connectivity index (χ0v) is 18.3. The van der Waals surface area contributed by atoms with Gasteiger partial charge in [0, 0.05) is 18.9 Å². The van der Waals surface area contributed by atoms with E-state index in [0.717, 1.165) is 38.2 Å². The molecule has 0 spiro atoms.